The summed E-state index contributed by atoms with van der Waals surface area (Å²) >= 11 is 7.14. The number of hydrogen-bond acceptors (Lipinski definition) is 7. The molecule has 0 spiro atoms. The highest BCUT2D eigenvalue weighted by Crippen LogP contribution is 2.28. The Morgan fingerprint density at radius 1 is 1.40 bits per heavy atom. The number of nitrogens with zero attached hydrogens (tertiary/aromatic N) is 3. The SMILES string of the molecule is CCOc1cc(C2=NCCN2C)ccc1C1=NOC(CNC(=O)c2ccc(Cl)s2)C1. The van der Waals surface area contributed by atoms with Gasteiger partial charge in [0.25, 0.3) is 5.91 Å². The Kier molecular flexibility index (Phi) is 6.24. The van der Waals surface area contributed by atoms with Gasteiger partial charge in [-0.1, -0.05) is 22.8 Å². The molecule has 0 aliphatic carbocycles. The Hall–Kier alpha value is -2.58. The molecule has 2 aliphatic rings. The highest BCUT2D eigenvalue weighted by molar-refractivity contribution is 7.18. The van der Waals surface area contributed by atoms with Crippen molar-refractivity contribution < 1.29 is 14.4 Å². The molecule has 2 aliphatic heterocycles. The van der Waals surface area contributed by atoms with Gasteiger partial charge in [0.05, 0.1) is 34.6 Å². The number of amidine groups is 1. The Balaban J connectivity index is 1.42. The van der Waals surface area contributed by atoms with Gasteiger partial charge in [-0.15, -0.1) is 11.3 Å². The predicted octanol–water partition coefficient (Wildman–Crippen LogP) is 3.42. The van der Waals surface area contributed by atoms with Crippen LogP contribution in [0.3, 0.4) is 0 Å². The maximum absolute atomic E-state index is 12.2. The third kappa shape index (κ3) is 4.44. The number of ether oxygens (including phenoxy) is 1. The fraction of sp³-hybridized carbons (Fsp3) is 0.381. The summed E-state index contributed by atoms with van der Waals surface area (Å²) in [4.78, 5) is 25.1. The van der Waals surface area contributed by atoms with Crippen LogP contribution in [0.1, 0.15) is 34.1 Å². The molecule has 1 N–H and O–H groups in total. The van der Waals surface area contributed by atoms with Crippen LogP contribution in [0.15, 0.2) is 40.5 Å². The van der Waals surface area contributed by atoms with Crippen LogP contribution in [0.5, 0.6) is 5.75 Å². The van der Waals surface area contributed by atoms with Gasteiger partial charge >= 0.3 is 0 Å². The number of carbonyl (C=O) groups is 1. The van der Waals surface area contributed by atoms with E-state index in [0.29, 0.717) is 28.8 Å². The van der Waals surface area contributed by atoms with Gasteiger partial charge in [0.15, 0.2) is 0 Å². The standard InChI is InChI=1S/C21H23ClN4O3S/c1-3-28-17-10-13(20-23-8-9-26(20)2)4-5-15(17)16-11-14(29-25-16)12-24-21(27)18-6-7-19(22)30-18/h4-7,10,14H,3,8-9,11-12H2,1-2H3,(H,24,27). The third-order valence-electron chi connectivity index (χ3n) is 4.93. The van der Waals surface area contributed by atoms with Crippen molar-refractivity contribution in [3.63, 3.8) is 0 Å². The van der Waals surface area contributed by atoms with Crippen molar-refractivity contribution in [1.29, 1.82) is 0 Å². The Labute approximate surface area is 184 Å². The topological polar surface area (TPSA) is 75.5 Å². The van der Waals surface area contributed by atoms with Crippen molar-refractivity contribution >= 4 is 40.4 Å². The van der Waals surface area contributed by atoms with E-state index >= 15 is 0 Å². The lowest BCUT2D eigenvalue weighted by molar-refractivity contribution is 0.0755. The number of halogens is 1. The third-order valence-corrected chi connectivity index (χ3v) is 6.16. The first kappa shape index (κ1) is 20.7. The van der Waals surface area contributed by atoms with E-state index in [9.17, 15) is 4.79 Å². The summed E-state index contributed by atoms with van der Waals surface area (Å²) in [5.74, 6) is 1.57. The molecule has 1 aromatic heterocycles. The molecule has 1 unspecified atom stereocenters. The van der Waals surface area contributed by atoms with Crippen LogP contribution in [0.4, 0.5) is 0 Å². The van der Waals surface area contributed by atoms with Gasteiger partial charge in [0, 0.05) is 31.1 Å². The van der Waals surface area contributed by atoms with E-state index in [4.69, 9.17) is 21.2 Å². The largest absolute Gasteiger partial charge is 0.493 e. The average molecular weight is 447 g/mol. The van der Waals surface area contributed by atoms with Crippen molar-refractivity contribution in [1.82, 2.24) is 10.2 Å². The van der Waals surface area contributed by atoms with Crippen LogP contribution in [-0.2, 0) is 4.84 Å². The second kappa shape index (κ2) is 9.06. The van der Waals surface area contributed by atoms with E-state index < -0.39 is 0 Å². The van der Waals surface area contributed by atoms with Crippen LogP contribution < -0.4 is 10.1 Å². The van der Waals surface area contributed by atoms with E-state index in [-0.39, 0.29) is 12.0 Å². The summed E-state index contributed by atoms with van der Waals surface area (Å²) < 4.78 is 6.48. The molecule has 0 bridgehead atoms. The number of rotatable bonds is 7. The smallest absolute Gasteiger partial charge is 0.261 e. The molecule has 1 aromatic carbocycles. The van der Waals surface area contributed by atoms with Gasteiger partial charge < -0.3 is 19.8 Å². The number of oxime groups is 1. The molecule has 3 heterocycles. The zero-order valence-electron chi connectivity index (χ0n) is 16.9. The number of amides is 1. The zero-order valence-corrected chi connectivity index (χ0v) is 18.4. The van der Waals surface area contributed by atoms with Crippen LogP contribution in [0, 0.1) is 0 Å². The first-order chi connectivity index (χ1) is 14.5. The Morgan fingerprint density at radius 3 is 2.97 bits per heavy atom. The zero-order chi connectivity index (χ0) is 21.1. The van der Waals surface area contributed by atoms with Crippen molar-refractivity contribution in [3.8, 4) is 5.75 Å². The number of nitrogens with one attached hydrogen (secondary N) is 1. The van der Waals surface area contributed by atoms with Gasteiger partial charge in [-0.3, -0.25) is 9.79 Å². The molecule has 4 rings (SSSR count). The quantitative estimate of drug-likeness (QED) is 0.707. The lowest BCUT2D eigenvalue weighted by atomic mass is 10.0. The number of benzene rings is 1. The summed E-state index contributed by atoms with van der Waals surface area (Å²) in [6.45, 7) is 4.61. The first-order valence-electron chi connectivity index (χ1n) is 9.84. The second-order valence-corrected chi connectivity index (χ2v) is 8.77. The molecule has 9 heteroatoms. The van der Waals surface area contributed by atoms with Crippen LogP contribution in [-0.4, -0.2) is 61.7 Å². The van der Waals surface area contributed by atoms with Gasteiger partial charge in [-0.05, 0) is 31.2 Å². The molecule has 1 amide bonds. The first-order valence-corrected chi connectivity index (χ1v) is 11.0. The Morgan fingerprint density at radius 2 is 2.27 bits per heavy atom. The number of hydrogen-bond donors (Lipinski definition) is 1. The van der Waals surface area contributed by atoms with Crippen LogP contribution >= 0.6 is 22.9 Å². The molecule has 0 radical (unpaired) electrons. The van der Waals surface area contributed by atoms with Crippen LogP contribution in [0.25, 0.3) is 0 Å². The molecule has 7 nitrogen and oxygen atoms in total. The van der Waals surface area contributed by atoms with E-state index in [2.05, 4.69) is 20.4 Å². The van der Waals surface area contributed by atoms with Crippen molar-refractivity contribution in [2.45, 2.75) is 19.4 Å². The molecule has 0 fully saturated rings. The minimum absolute atomic E-state index is 0.162. The van der Waals surface area contributed by atoms with E-state index in [1.54, 1.807) is 12.1 Å². The van der Waals surface area contributed by atoms with Crippen LogP contribution in [0.2, 0.25) is 4.34 Å². The lowest BCUT2D eigenvalue weighted by Crippen LogP contribution is -2.31. The maximum atomic E-state index is 12.2. The summed E-state index contributed by atoms with van der Waals surface area (Å²) in [5.41, 5.74) is 2.74. The minimum atomic E-state index is -0.223. The molecule has 2 aromatic rings. The summed E-state index contributed by atoms with van der Waals surface area (Å²) in [7, 11) is 2.04. The number of aliphatic imine (C=N–C) groups is 1. The molecule has 30 heavy (non-hydrogen) atoms. The number of likely N-dealkylation sites (N-methyl/N-ethyl adjacent to an activating group) is 1. The van der Waals surface area contributed by atoms with Gasteiger partial charge in [0.1, 0.15) is 17.7 Å². The molecule has 0 saturated carbocycles. The van der Waals surface area contributed by atoms with Crippen molar-refractivity contribution in [2.24, 2.45) is 10.1 Å². The molecule has 158 valence electrons. The molecular weight excluding hydrogens is 424 g/mol. The summed E-state index contributed by atoms with van der Waals surface area (Å²) in [6, 6.07) is 9.48. The second-order valence-electron chi connectivity index (χ2n) is 7.05. The summed E-state index contributed by atoms with van der Waals surface area (Å²) in [6.07, 6.45) is 0.366. The molecular formula is C21H23ClN4O3S. The number of thiophene rings is 1. The highest BCUT2D eigenvalue weighted by atomic mass is 35.5. The summed E-state index contributed by atoms with van der Waals surface area (Å²) in [5, 5.41) is 7.13. The van der Waals surface area contributed by atoms with E-state index in [1.165, 1.54) is 11.3 Å². The van der Waals surface area contributed by atoms with Crippen molar-refractivity contribution in [2.75, 3.05) is 33.3 Å². The normalized spacial score (nSPS) is 18.1. The van der Waals surface area contributed by atoms with Gasteiger partial charge in [-0.25, -0.2) is 0 Å². The minimum Gasteiger partial charge on any atom is -0.493 e. The van der Waals surface area contributed by atoms with E-state index in [0.717, 1.165) is 41.5 Å². The number of carbonyl (C=O) groups excluding carboxylic acids is 1. The molecule has 1 atom stereocenters. The monoisotopic (exact) mass is 446 g/mol. The fourth-order valence-corrected chi connectivity index (χ4v) is 4.41. The van der Waals surface area contributed by atoms with Gasteiger partial charge in [0.2, 0.25) is 0 Å². The van der Waals surface area contributed by atoms with Crippen molar-refractivity contribution in [3.05, 3.63) is 50.7 Å². The fourth-order valence-electron chi connectivity index (χ4n) is 3.45. The molecule has 0 saturated heterocycles. The average Bonchev–Trinajstić information content (AvgIpc) is 3.47. The lowest BCUT2D eigenvalue weighted by Gasteiger charge is -2.16. The maximum Gasteiger partial charge on any atom is 0.261 e. The predicted molar refractivity (Wildman–Crippen MR) is 119 cm³/mol. The highest BCUT2D eigenvalue weighted by Gasteiger charge is 2.26. The van der Waals surface area contributed by atoms with Gasteiger partial charge in [-0.2, -0.15) is 0 Å². The van der Waals surface area contributed by atoms with E-state index in [1.807, 2.05) is 32.2 Å². The Bertz CT molecular complexity index is 1000.